The number of hydrogen-bond acceptors (Lipinski definition) is 3. The molecule has 0 atom stereocenters. The summed E-state index contributed by atoms with van der Waals surface area (Å²) in [5.74, 6) is 0.941. The predicted octanol–water partition coefficient (Wildman–Crippen LogP) is 2.30. The molecule has 0 amide bonds. The van der Waals surface area contributed by atoms with Crippen LogP contribution in [0.1, 0.15) is 32.8 Å². The molecule has 1 aromatic rings. The molecule has 0 heterocycles. The molecule has 0 aliphatic rings. The zero-order valence-electron chi connectivity index (χ0n) is 11.1. The number of hydrogen-bond donors (Lipinski definition) is 2. The molecule has 0 radical (unpaired) electrons. The average molecular weight is 236 g/mol. The van der Waals surface area contributed by atoms with Crippen molar-refractivity contribution in [2.75, 3.05) is 13.2 Å². The van der Waals surface area contributed by atoms with Crippen molar-refractivity contribution in [1.82, 2.24) is 5.32 Å². The molecule has 17 heavy (non-hydrogen) atoms. The van der Waals surface area contributed by atoms with Crippen LogP contribution in [0.4, 0.5) is 0 Å². The van der Waals surface area contributed by atoms with Crippen molar-refractivity contribution in [2.45, 2.75) is 39.3 Å². The normalized spacial score (nSPS) is 11.5. The van der Waals surface area contributed by atoms with Gasteiger partial charge in [-0.1, -0.05) is 19.1 Å². The molecule has 0 aliphatic carbocycles. The summed E-state index contributed by atoms with van der Waals surface area (Å²) in [4.78, 5) is 0. The van der Waals surface area contributed by atoms with E-state index in [-0.39, 0.29) is 5.54 Å². The van der Waals surface area contributed by atoms with E-state index in [1.54, 1.807) is 0 Å². The molecular weight excluding hydrogens is 212 g/mol. The highest BCUT2D eigenvalue weighted by molar-refractivity contribution is 5.28. The first-order valence-electron chi connectivity index (χ1n) is 6.24. The third kappa shape index (κ3) is 5.20. The molecule has 0 spiro atoms. The molecule has 0 unspecified atom stereocenters. The lowest BCUT2D eigenvalue weighted by atomic mass is 10.1. The molecule has 1 rings (SSSR count). The second kappa shape index (κ2) is 6.62. The van der Waals surface area contributed by atoms with E-state index in [0.29, 0.717) is 6.54 Å². The van der Waals surface area contributed by atoms with Crippen LogP contribution in [0.2, 0.25) is 0 Å². The fourth-order valence-electron chi connectivity index (χ4n) is 1.38. The van der Waals surface area contributed by atoms with Crippen molar-refractivity contribution >= 4 is 0 Å². The minimum atomic E-state index is -0.0275. The van der Waals surface area contributed by atoms with Gasteiger partial charge < -0.3 is 15.8 Å². The average Bonchev–Trinajstić information content (AvgIpc) is 2.35. The zero-order valence-corrected chi connectivity index (χ0v) is 11.1. The molecule has 0 bridgehead atoms. The highest BCUT2D eigenvalue weighted by atomic mass is 16.5. The minimum Gasteiger partial charge on any atom is -0.494 e. The van der Waals surface area contributed by atoms with Crippen LogP contribution in [0.5, 0.6) is 5.75 Å². The molecule has 3 heteroatoms. The molecule has 0 saturated heterocycles. The van der Waals surface area contributed by atoms with E-state index in [1.807, 2.05) is 12.1 Å². The molecule has 3 nitrogen and oxygen atoms in total. The number of rotatable bonds is 7. The number of ether oxygens (including phenoxy) is 1. The topological polar surface area (TPSA) is 47.3 Å². The summed E-state index contributed by atoms with van der Waals surface area (Å²) in [5, 5.41) is 3.43. The van der Waals surface area contributed by atoms with Crippen LogP contribution in [0.25, 0.3) is 0 Å². The Hall–Kier alpha value is -1.06. The van der Waals surface area contributed by atoms with E-state index in [1.165, 1.54) is 5.56 Å². The summed E-state index contributed by atoms with van der Waals surface area (Å²) < 4.78 is 5.60. The second-order valence-corrected chi connectivity index (χ2v) is 4.94. The van der Waals surface area contributed by atoms with Crippen LogP contribution in [0, 0.1) is 0 Å². The third-order valence-electron chi connectivity index (χ3n) is 2.65. The summed E-state index contributed by atoms with van der Waals surface area (Å²) >= 11 is 0. The summed E-state index contributed by atoms with van der Waals surface area (Å²) in [6.07, 6.45) is 1.03. The van der Waals surface area contributed by atoms with Gasteiger partial charge in [-0.15, -0.1) is 0 Å². The first-order chi connectivity index (χ1) is 8.07. The van der Waals surface area contributed by atoms with Gasteiger partial charge in [0.05, 0.1) is 6.61 Å². The van der Waals surface area contributed by atoms with Crippen LogP contribution < -0.4 is 15.8 Å². The Bertz CT molecular complexity index is 337. The Balaban J connectivity index is 2.53. The quantitative estimate of drug-likeness (QED) is 0.763. The molecule has 0 saturated carbocycles. The highest BCUT2D eigenvalue weighted by Crippen LogP contribution is 2.14. The van der Waals surface area contributed by atoms with E-state index >= 15 is 0 Å². The Morgan fingerprint density at radius 2 is 2.12 bits per heavy atom. The first kappa shape index (κ1) is 14.0. The van der Waals surface area contributed by atoms with E-state index in [9.17, 15) is 0 Å². The van der Waals surface area contributed by atoms with Crippen molar-refractivity contribution in [3.05, 3.63) is 29.8 Å². The fraction of sp³-hybridized carbons (Fsp3) is 0.571. The van der Waals surface area contributed by atoms with Crippen LogP contribution in [0.3, 0.4) is 0 Å². The number of nitrogens with one attached hydrogen (secondary N) is 1. The monoisotopic (exact) mass is 236 g/mol. The van der Waals surface area contributed by atoms with Crippen molar-refractivity contribution in [1.29, 1.82) is 0 Å². The van der Waals surface area contributed by atoms with Gasteiger partial charge in [0.25, 0.3) is 0 Å². The van der Waals surface area contributed by atoms with Crippen LogP contribution in [-0.2, 0) is 6.54 Å². The second-order valence-electron chi connectivity index (χ2n) is 4.94. The van der Waals surface area contributed by atoms with Gasteiger partial charge in [-0.05, 0) is 38.0 Å². The van der Waals surface area contributed by atoms with Gasteiger partial charge in [-0.25, -0.2) is 0 Å². The molecule has 0 fully saturated rings. The largest absolute Gasteiger partial charge is 0.494 e. The van der Waals surface area contributed by atoms with Crippen molar-refractivity contribution < 1.29 is 4.74 Å². The molecule has 96 valence electrons. The maximum absolute atomic E-state index is 5.68. The lowest BCUT2D eigenvalue weighted by Crippen LogP contribution is -2.45. The Labute approximate surface area is 104 Å². The lowest BCUT2D eigenvalue weighted by molar-refractivity contribution is 0.316. The van der Waals surface area contributed by atoms with Crippen LogP contribution >= 0.6 is 0 Å². The Kier molecular flexibility index (Phi) is 5.45. The van der Waals surface area contributed by atoms with Crippen molar-refractivity contribution in [2.24, 2.45) is 5.73 Å². The van der Waals surface area contributed by atoms with E-state index in [0.717, 1.165) is 25.3 Å². The van der Waals surface area contributed by atoms with Gasteiger partial charge in [0.2, 0.25) is 0 Å². The fourth-order valence-corrected chi connectivity index (χ4v) is 1.38. The van der Waals surface area contributed by atoms with Gasteiger partial charge in [0.1, 0.15) is 5.75 Å². The Morgan fingerprint density at radius 3 is 2.76 bits per heavy atom. The third-order valence-corrected chi connectivity index (χ3v) is 2.65. The minimum absolute atomic E-state index is 0.0275. The summed E-state index contributed by atoms with van der Waals surface area (Å²) in [5.41, 5.74) is 6.87. The van der Waals surface area contributed by atoms with Gasteiger partial charge in [0, 0.05) is 18.6 Å². The van der Waals surface area contributed by atoms with Crippen LogP contribution in [-0.4, -0.2) is 18.7 Å². The summed E-state index contributed by atoms with van der Waals surface area (Å²) in [6, 6.07) is 8.19. The van der Waals surface area contributed by atoms with Gasteiger partial charge in [-0.2, -0.15) is 0 Å². The number of benzene rings is 1. The molecule has 0 aliphatic heterocycles. The molecule has 3 N–H and O–H groups in total. The van der Waals surface area contributed by atoms with E-state index in [2.05, 4.69) is 38.2 Å². The van der Waals surface area contributed by atoms with Crippen LogP contribution in [0.15, 0.2) is 24.3 Å². The number of nitrogens with two attached hydrogens (primary N) is 1. The molecule has 1 aromatic carbocycles. The highest BCUT2D eigenvalue weighted by Gasteiger charge is 2.13. The summed E-state index contributed by atoms with van der Waals surface area (Å²) in [6.45, 7) is 8.52. The zero-order chi connectivity index (χ0) is 12.7. The SMILES string of the molecule is CCCOc1cccc(CNC(C)(C)CN)c1. The maximum Gasteiger partial charge on any atom is 0.119 e. The lowest BCUT2D eigenvalue weighted by Gasteiger charge is -2.24. The van der Waals surface area contributed by atoms with Gasteiger partial charge in [-0.3, -0.25) is 0 Å². The van der Waals surface area contributed by atoms with Crippen molar-refractivity contribution in [3.8, 4) is 5.75 Å². The molecule has 0 aromatic heterocycles. The first-order valence-corrected chi connectivity index (χ1v) is 6.24. The van der Waals surface area contributed by atoms with E-state index < -0.39 is 0 Å². The predicted molar refractivity (Wildman–Crippen MR) is 72.2 cm³/mol. The standard InChI is InChI=1S/C14H24N2O/c1-4-8-17-13-7-5-6-12(9-13)10-16-14(2,3)11-15/h5-7,9,16H,4,8,10-11,15H2,1-3H3. The maximum atomic E-state index is 5.68. The molecular formula is C14H24N2O. The summed E-state index contributed by atoms with van der Waals surface area (Å²) in [7, 11) is 0. The van der Waals surface area contributed by atoms with E-state index in [4.69, 9.17) is 10.5 Å². The Morgan fingerprint density at radius 1 is 1.35 bits per heavy atom. The van der Waals surface area contributed by atoms with Gasteiger partial charge in [0.15, 0.2) is 0 Å². The van der Waals surface area contributed by atoms with Crippen molar-refractivity contribution in [3.63, 3.8) is 0 Å². The smallest absolute Gasteiger partial charge is 0.119 e. The van der Waals surface area contributed by atoms with Gasteiger partial charge >= 0.3 is 0 Å².